The number of hydrogen-bond donors (Lipinski definition) is 0. The Morgan fingerprint density at radius 1 is 0.388 bits per heavy atom. The van der Waals surface area contributed by atoms with E-state index >= 15 is 0 Å². The molecular weight excluding hydrogens is 597 g/mol. The Balaban J connectivity index is 1.15. The summed E-state index contributed by atoms with van der Waals surface area (Å²) in [5.74, 6) is 0.672. The van der Waals surface area contributed by atoms with Crippen molar-refractivity contribution in [3.63, 3.8) is 0 Å². The molecule has 11 rings (SSSR count). The van der Waals surface area contributed by atoms with Crippen LogP contribution in [0.3, 0.4) is 0 Å². The van der Waals surface area contributed by atoms with Gasteiger partial charge in [0.15, 0.2) is 5.82 Å². The molecule has 10 aromatic rings. The van der Waals surface area contributed by atoms with Gasteiger partial charge in [0.1, 0.15) is 0 Å². The molecule has 0 radical (unpaired) electrons. The predicted molar refractivity (Wildman–Crippen MR) is 202 cm³/mol. The van der Waals surface area contributed by atoms with Crippen molar-refractivity contribution in [2.24, 2.45) is 0 Å². The van der Waals surface area contributed by atoms with Gasteiger partial charge in [0, 0.05) is 39.2 Å². The minimum absolute atomic E-state index is 0.672. The first-order valence-corrected chi connectivity index (χ1v) is 16.6. The van der Waals surface area contributed by atoms with Crippen LogP contribution in [0.1, 0.15) is 0 Å². The predicted octanol–water partition coefficient (Wildman–Crippen LogP) is 11.4. The van der Waals surface area contributed by atoms with E-state index in [-0.39, 0.29) is 0 Å². The van der Waals surface area contributed by atoms with Crippen LogP contribution in [0.5, 0.6) is 0 Å². The SMILES string of the molecule is c1ccc(-c2cc(-c3ccccn3)nc(-c3ccc(-n4c5ccc6cccc7c6c5c5c6c(ccc8cccc-7c86)ccc54)cc3)n2)cc1. The lowest BCUT2D eigenvalue weighted by molar-refractivity contribution is 1.15. The Hall–Kier alpha value is -6.65. The van der Waals surface area contributed by atoms with Crippen LogP contribution >= 0.6 is 0 Å². The lowest BCUT2D eigenvalue weighted by Gasteiger charge is -2.14. The zero-order valence-electron chi connectivity index (χ0n) is 26.3. The molecule has 0 unspecified atom stereocenters. The van der Waals surface area contributed by atoms with Gasteiger partial charge >= 0.3 is 0 Å². The second-order valence-electron chi connectivity index (χ2n) is 12.8. The van der Waals surface area contributed by atoms with Crippen molar-refractivity contribution >= 4 is 54.1 Å². The van der Waals surface area contributed by atoms with Crippen LogP contribution in [-0.2, 0) is 0 Å². The van der Waals surface area contributed by atoms with Gasteiger partial charge in [-0.1, -0.05) is 97.1 Å². The van der Waals surface area contributed by atoms with Gasteiger partial charge in [0.25, 0.3) is 0 Å². The van der Waals surface area contributed by atoms with Crippen LogP contribution in [0.2, 0.25) is 0 Å². The normalized spacial score (nSPS) is 12.1. The zero-order valence-corrected chi connectivity index (χ0v) is 26.3. The standard InChI is InChI=1S/C45H26N4/c1-2-8-27(9-3-1)36-26-37(35-14-4-5-25-46-35)48-45(47-36)31-17-21-32(22-18-31)49-38-23-19-29-11-7-13-34-33-12-6-10-28-15-16-30-20-24-39(49)44(42(30)40(28)33)43(38)41(29)34/h1-26H. The summed E-state index contributed by atoms with van der Waals surface area (Å²) in [6.45, 7) is 0. The van der Waals surface area contributed by atoms with Gasteiger partial charge in [-0.05, 0) is 92.7 Å². The van der Waals surface area contributed by atoms with E-state index in [4.69, 9.17) is 9.97 Å². The summed E-state index contributed by atoms with van der Waals surface area (Å²) >= 11 is 0. The Bertz CT molecular complexity index is 2900. The van der Waals surface area contributed by atoms with Crippen molar-refractivity contribution in [2.75, 3.05) is 0 Å². The molecule has 3 heterocycles. The van der Waals surface area contributed by atoms with Crippen LogP contribution in [-0.4, -0.2) is 19.5 Å². The van der Waals surface area contributed by atoms with E-state index in [0.29, 0.717) is 5.82 Å². The molecule has 0 amide bonds. The average Bonchev–Trinajstić information content (AvgIpc) is 3.45. The van der Waals surface area contributed by atoms with Gasteiger partial charge in [0.2, 0.25) is 0 Å². The van der Waals surface area contributed by atoms with Crippen molar-refractivity contribution in [1.29, 1.82) is 0 Å². The van der Waals surface area contributed by atoms with Crippen molar-refractivity contribution < 1.29 is 0 Å². The Labute approximate surface area is 281 Å². The minimum atomic E-state index is 0.672. The second-order valence-corrected chi connectivity index (χ2v) is 12.8. The Kier molecular flexibility index (Phi) is 5.35. The van der Waals surface area contributed by atoms with Crippen LogP contribution in [0.25, 0.3) is 105 Å². The fraction of sp³-hybridized carbons (Fsp3) is 0. The minimum Gasteiger partial charge on any atom is -0.309 e. The van der Waals surface area contributed by atoms with Gasteiger partial charge in [-0.2, -0.15) is 0 Å². The molecule has 3 aromatic heterocycles. The smallest absolute Gasteiger partial charge is 0.160 e. The molecule has 1 aliphatic rings. The zero-order chi connectivity index (χ0) is 32.1. The molecule has 0 saturated heterocycles. The quantitative estimate of drug-likeness (QED) is 0.183. The van der Waals surface area contributed by atoms with Gasteiger partial charge in [-0.15, -0.1) is 0 Å². The summed E-state index contributed by atoms with van der Waals surface area (Å²) in [5, 5.41) is 10.4. The summed E-state index contributed by atoms with van der Waals surface area (Å²) in [6, 6.07) is 54.1. The Morgan fingerprint density at radius 2 is 1.00 bits per heavy atom. The molecule has 0 N–H and O–H groups in total. The molecule has 4 heteroatoms. The van der Waals surface area contributed by atoms with E-state index in [1.807, 2.05) is 42.5 Å². The molecule has 0 atom stereocenters. The fourth-order valence-electron chi connectivity index (χ4n) is 8.03. The van der Waals surface area contributed by atoms with Crippen molar-refractivity contribution in [3.8, 4) is 50.8 Å². The first kappa shape index (κ1) is 26.4. The summed E-state index contributed by atoms with van der Waals surface area (Å²) < 4.78 is 2.43. The van der Waals surface area contributed by atoms with Crippen LogP contribution in [0.15, 0.2) is 158 Å². The molecule has 0 aliphatic heterocycles. The van der Waals surface area contributed by atoms with Crippen LogP contribution in [0.4, 0.5) is 0 Å². The molecule has 1 aliphatic carbocycles. The summed E-state index contributed by atoms with van der Waals surface area (Å²) in [5.41, 5.74) is 10.6. The largest absolute Gasteiger partial charge is 0.309 e. The van der Waals surface area contributed by atoms with Crippen molar-refractivity contribution in [3.05, 3.63) is 158 Å². The molecule has 4 nitrogen and oxygen atoms in total. The third kappa shape index (κ3) is 3.77. The van der Waals surface area contributed by atoms with Crippen LogP contribution < -0.4 is 0 Å². The molecule has 7 aromatic carbocycles. The number of benzene rings is 7. The van der Waals surface area contributed by atoms with Crippen molar-refractivity contribution in [1.82, 2.24) is 19.5 Å². The average molecular weight is 623 g/mol. The highest BCUT2D eigenvalue weighted by molar-refractivity contribution is 6.38. The number of nitrogens with zero attached hydrogens (tertiary/aromatic N) is 4. The van der Waals surface area contributed by atoms with Crippen molar-refractivity contribution in [2.45, 2.75) is 0 Å². The molecule has 0 saturated carbocycles. The summed E-state index contributed by atoms with van der Waals surface area (Å²) in [6.07, 6.45) is 1.80. The number of rotatable bonds is 4. The third-order valence-corrected chi connectivity index (χ3v) is 10.2. The first-order valence-electron chi connectivity index (χ1n) is 16.6. The topological polar surface area (TPSA) is 43.6 Å². The maximum absolute atomic E-state index is 5.05. The lowest BCUT2D eigenvalue weighted by Crippen LogP contribution is -1.98. The molecular formula is C45H26N4. The van der Waals surface area contributed by atoms with Gasteiger partial charge < -0.3 is 4.57 Å². The highest BCUT2D eigenvalue weighted by atomic mass is 15.0. The van der Waals surface area contributed by atoms with E-state index in [1.54, 1.807) is 6.20 Å². The maximum atomic E-state index is 5.05. The molecule has 0 fully saturated rings. The first-order chi connectivity index (χ1) is 24.3. The van der Waals surface area contributed by atoms with E-state index < -0.39 is 0 Å². The van der Waals surface area contributed by atoms with E-state index in [1.165, 1.54) is 65.3 Å². The van der Waals surface area contributed by atoms with Gasteiger partial charge in [-0.25, -0.2) is 9.97 Å². The monoisotopic (exact) mass is 622 g/mol. The summed E-state index contributed by atoms with van der Waals surface area (Å²) in [7, 11) is 0. The Morgan fingerprint density at radius 3 is 1.69 bits per heavy atom. The molecule has 49 heavy (non-hydrogen) atoms. The lowest BCUT2D eigenvalue weighted by atomic mass is 9.93. The third-order valence-electron chi connectivity index (χ3n) is 10.2. The molecule has 0 bridgehead atoms. The van der Waals surface area contributed by atoms with Crippen LogP contribution in [0, 0.1) is 0 Å². The van der Waals surface area contributed by atoms with E-state index in [9.17, 15) is 0 Å². The second kappa shape index (κ2) is 9.93. The molecule has 226 valence electrons. The maximum Gasteiger partial charge on any atom is 0.160 e. The fourth-order valence-corrected chi connectivity index (χ4v) is 8.03. The summed E-state index contributed by atoms with van der Waals surface area (Å²) in [4.78, 5) is 14.7. The number of hydrogen-bond acceptors (Lipinski definition) is 3. The number of pyridine rings is 1. The van der Waals surface area contributed by atoms with E-state index in [2.05, 4.69) is 119 Å². The highest BCUT2D eigenvalue weighted by Crippen LogP contribution is 2.49. The number of aromatic nitrogens is 4. The molecule has 0 spiro atoms. The highest BCUT2D eigenvalue weighted by Gasteiger charge is 2.24. The number of fused-ring (bicyclic) bond motifs is 1. The van der Waals surface area contributed by atoms with Gasteiger partial charge in [0.05, 0.1) is 28.1 Å². The van der Waals surface area contributed by atoms with E-state index in [0.717, 1.165) is 33.9 Å². The van der Waals surface area contributed by atoms with Gasteiger partial charge in [-0.3, -0.25) is 4.98 Å².